The van der Waals surface area contributed by atoms with Crippen molar-refractivity contribution in [1.82, 2.24) is 19.8 Å². The summed E-state index contributed by atoms with van der Waals surface area (Å²) in [5.74, 6) is 0.778. The highest BCUT2D eigenvalue weighted by atomic mass is 32.1. The maximum absolute atomic E-state index is 13.1. The average Bonchev–Trinajstić information content (AvgIpc) is 3.24. The van der Waals surface area contributed by atoms with E-state index >= 15 is 0 Å². The van der Waals surface area contributed by atoms with Gasteiger partial charge in [-0.2, -0.15) is 0 Å². The number of piperidine rings is 1. The van der Waals surface area contributed by atoms with Crippen molar-refractivity contribution in [3.8, 4) is 0 Å². The average molecular weight is 479 g/mol. The Kier molecular flexibility index (Phi) is 7.11. The van der Waals surface area contributed by atoms with Crippen molar-refractivity contribution in [1.29, 1.82) is 0 Å². The molecule has 2 aliphatic rings. The molecular weight excluding hydrogens is 444 g/mol. The molecule has 0 saturated carbocycles. The van der Waals surface area contributed by atoms with E-state index in [0.717, 1.165) is 55.0 Å². The van der Waals surface area contributed by atoms with Crippen LogP contribution >= 0.6 is 11.3 Å². The van der Waals surface area contributed by atoms with Crippen LogP contribution < -0.4 is 10.9 Å². The maximum atomic E-state index is 13.1. The quantitative estimate of drug-likeness (QED) is 0.551. The van der Waals surface area contributed by atoms with Crippen LogP contribution in [0.25, 0.3) is 10.2 Å². The minimum absolute atomic E-state index is 0.00149. The first-order valence-electron chi connectivity index (χ1n) is 12.6. The Labute approximate surface area is 205 Å². The maximum Gasteiger partial charge on any atom is 0.262 e. The Morgan fingerprint density at radius 3 is 2.74 bits per heavy atom. The third kappa shape index (κ3) is 5.10. The zero-order valence-corrected chi connectivity index (χ0v) is 20.8. The first-order chi connectivity index (χ1) is 16.6. The second-order valence-corrected chi connectivity index (χ2v) is 11.0. The number of hydrogen-bond donors (Lipinski definition) is 1. The Hall–Kier alpha value is -2.51. The summed E-state index contributed by atoms with van der Waals surface area (Å²) in [5, 5.41) is 3.85. The van der Waals surface area contributed by atoms with Crippen molar-refractivity contribution in [2.75, 3.05) is 13.1 Å². The summed E-state index contributed by atoms with van der Waals surface area (Å²) in [6.45, 7) is 6.42. The van der Waals surface area contributed by atoms with Gasteiger partial charge in [0.2, 0.25) is 5.91 Å². The van der Waals surface area contributed by atoms with E-state index in [1.165, 1.54) is 40.8 Å². The number of carbonyl (C=O) groups is 1. The predicted molar refractivity (Wildman–Crippen MR) is 137 cm³/mol. The van der Waals surface area contributed by atoms with Gasteiger partial charge in [-0.1, -0.05) is 31.2 Å². The second-order valence-electron chi connectivity index (χ2n) is 9.89. The lowest BCUT2D eigenvalue weighted by Gasteiger charge is -2.30. The van der Waals surface area contributed by atoms with Gasteiger partial charge in [0.15, 0.2) is 0 Å². The number of amides is 1. The van der Waals surface area contributed by atoms with Gasteiger partial charge in [-0.05, 0) is 74.2 Å². The van der Waals surface area contributed by atoms with Crippen LogP contribution in [0.1, 0.15) is 60.6 Å². The normalized spacial score (nSPS) is 17.1. The lowest BCUT2D eigenvalue weighted by atomic mass is 9.97. The van der Waals surface area contributed by atoms with Crippen LogP contribution in [-0.4, -0.2) is 33.4 Å². The van der Waals surface area contributed by atoms with Crippen molar-refractivity contribution in [2.45, 2.75) is 71.5 Å². The van der Waals surface area contributed by atoms with Crippen LogP contribution in [0, 0.1) is 5.92 Å². The molecule has 180 valence electrons. The van der Waals surface area contributed by atoms with Crippen LogP contribution in [0.4, 0.5) is 0 Å². The highest BCUT2D eigenvalue weighted by Crippen LogP contribution is 2.33. The molecule has 1 N–H and O–H groups in total. The Morgan fingerprint density at radius 2 is 1.91 bits per heavy atom. The van der Waals surface area contributed by atoms with Crippen LogP contribution in [-0.2, 0) is 37.3 Å². The molecule has 0 radical (unpaired) electrons. The SMILES string of the molecule is CC1CCN(Cc2ccccc2CNC(=O)CCn2cnc3sc4c(c3c2=O)CCCC4)CC1. The standard InChI is InChI=1S/C27H34N4O2S/c1-19-10-13-30(14-11-19)17-21-7-3-2-6-20(21)16-28-24(32)12-15-31-18-29-26-25(27(31)33)22-8-4-5-9-23(22)34-26/h2-3,6-7,18-19H,4-5,8-17H2,1H3,(H,28,32). The first-order valence-corrected chi connectivity index (χ1v) is 13.5. The lowest BCUT2D eigenvalue weighted by Crippen LogP contribution is -2.33. The molecule has 1 aliphatic heterocycles. The summed E-state index contributed by atoms with van der Waals surface area (Å²) in [6.07, 6.45) is 8.73. The fourth-order valence-corrected chi connectivity index (χ4v) is 6.41. The van der Waals surface area contributed by atoms with Gasteiger partial charge in [-0.15, -0.1) is 11.3 Å². The Bertz CT molecular complexity index is 1220. The Morgan fingerprint density at radius 1 is 1.15 bits per heavy atom. The number of fused-ring (bicyclic) bond motifs is 3. The van der Waals surface area contributed by atoms with E-state index < -0.39 is 0 Å². The van der Waals surface area contributed by atoms with Gasteiger partial charge in [0, 0.05) is 30.9 Å². The predicted octanol–water partition coefficient (Wildman–Crippen LogP) is 4.28. The van der Waals surface area contributed by atoms with Gasteiger partial charge in [0.25, 0.3) is 5.56 Å². The molecule has 1 aromatic carbocycles. The number of rotatable bonds is 7. The summed E-state index contributed by atoms with van der Waals surface area (Å²) in [7, 11) is 0. The van der Waals surface area contributed by atoms with E-state index in [1.54, 1.807) is 22.2 Å². The van der Waals surface area contributed by atoms with Crippen molar-refractivity contribution in [2.24, 2.45) is 5.92 Å². The molecular formula is C27H34N4O2S. The molecule has 1 amide bonds. The largest absolute Gasteiger partial charge is 0.352 e. The van der Waals surface area contributed by atoms with Crippen molar-refractivity contribution in [3.63, 3.8) is 0 Å². The molecule has 1 saturated heterocycles. The van der Waals surface area contributed by atoms with Crippen molar-refractivity contribution in [3.05, 3.63) is 62.5 Å². The zero-order chi connectivity index (χ0) is 23.5. The topological polar surface area (TPSA) is 67.2 Å². The fourth-order valence-electron chi connectivity index (χ4n) is 5.19. The number of likely N-dealkylation sites (tertiary alicyclic amines) is 1. The smallest absolute Gasteiger partial charge is 0.262 e. The molecule has 6 nitrogen and oxygen atoms in total. The van der Waals surface area contributed by atoms with E-state index in [4.69, 9.17) is 0 Å². The van der Waals surface area contributed by atoms with Gasteiger partial charge in [0.05, 0.1) is 11.7 Å². The molecule has 2 aromatic heterocycles. The van der Waals surface area contributed by atoms with Crippen LogP contribution in [0.5, 0.6) is 0 Å². The van der Waals surface area contributed by atoms with Crippen LogP contribution in [0.3, 0.4) is 0 Å². The highest BCUT2D eigenvalue weighted by molar-refractivity contribution is 7.18. The molecule has 0 atom stereocenters. The minimum Gasteiger partial charge on any atom is -0.352 e. The van der Waals surface area contributed by atoms with E-state index in [1.807, 2.05) is 6.07 Å². The summed E-state index contributed by atoms with van der Waals surface area (Å²) < 4.78 is 1.61. The number of nitrogens with zero attached hydrogens (tertiary/aromatic N) is 3. The summed E-state index contributed by atoms with van der Waals surface area (Å²) in [5.41, 5.74) is 3.64. The lowest BCUT2D eigenvalue weighted by molar-refractivity contribution is -0.121. The molecule has 7 heteroatoms. The van der Waals surface area contributed by atoms with Crippen LogP contribution in [0.15, 0.2) is 35.4 Å². The molecule has 5 rings (SSSR count). The molecule has 3 aromatic rings. The highest BCUT2D eigenvalue weighted by Gasteiger charge is 2.20. The molecule has 3 heterocycles. The van der Waals surface area contributed by atoms with Crippen molar-refractivity contribution >= 4 is 27.5 Å². The molecule has 0 unspecified atom stereocenters. The number of aryl methyl sites for hydroxylation is 3. The van der Waals surface area contributed by atoms with E-state index in [0.29, 0.717) is 13.1 Å². The monoisotopic (exact) mass is 478 g/mol. The number of thiophene rings is 1. The van der Waals surface area contributed by atoms with Gasteiger partial charge in [0.1, 0.15) is 4.83 Å². The zero-order valence-electron chi connectivity index (χ0n) is 20.0. The molecule has 34 heavy (non-hydrogen) atoms. The van der Waals surface area contributed by atoms with Gasteiger partial charge in [-0.3, -0.25) is 19.1 Å². The molecule has 1 aliphatic carbocycles. The summed E-state index contributed by atoms with van der Waals surface area (Å²) >= 11 is 1.66. The molecule has 0 spiro atoms. The van der Waals surface area contributed by atoms with E-state index in [2.05, 4.69) is 40.3 Å². The van der Waals surface area contributed by atoms with E-state index in [-0.39, 0.29) is 17.9 Å². The van der Waals surface area contributed by atoms with Gasteiger partial charge >= 0.3 is 0 Å². The van der Waals surface area contributed by atoms with E-state index in [9.17, 15) is 9.59 Å². The minimum atomic E-state index is -0.0408. The number of carbonyl (C=O) groups excluding carboxylic acids is 1. The third-order valence-corrected chi connectivity index (χ3v) is 8.59. The molecule has 1 fully saturated rings. The number of benzene rings is 1. The number of hydrogen-bond acceptors (Lipinski definition) is 5. The summed E-state index contributed by atoms with van der Waals surface area (Å²) in [6, 6.07) is 8.38. The van der Waals surface area contributed by atoms with Crippen molar-refractivity contribution < 1.29 is 4.79 Å². The number of aromatic nitrogens is 2. The van der Waals surface area contributed by atoms with Gasteiger partial charge < -0.3 is 5.32 Å². The van der Waals surface area contributed by atoms with Gasteiger partial charge in [-0.25, -0.2) is 4.98 Å². The fraction of sp³-hybridized carbons (Fsp3) is 0.519. The first kappa shape index (κ1) is 23.2. The summed E-state index contributed by atoms with van der Waals surface area (Å²) in [4.78, 5) is 34.9. The number of nitrogens with one attached hydrogen (secondary N) is 1. The second kappa shape index (κ2) is 10.4. The Balaban J connectivity index is 1.19. The third-order valence-electron chi connectivity index (χ3n) is 7.39. The molecule has 0 bridgehead atoms. The van der Waals surface area contributed by atoms with Crippen LogP contribution in [0.2, 0.25) is 0 Å².